The highest BCUT2D eigenvalue weighted by Gasteiger charge is 2.24. The first-order chi connectivity index (χ1) is 15.3. The highest BCUT2D eigenvalue weighted by molar-refractivity contribution is 6.34. The third kappa shape index (κ3) is 3.28. The summed E-state index contributed by atoms with van der Waals surface area (Å²) in [5, 5.41) is 29.1. The molecule has 2 heterocycles. The molecule has 0 aliphatic carbocycles. The Hall–Kier alpha value is -3.19. The second-order valence-corrected chi connectivity index (χ2v) is 8.57. The Labute approximate surface area is 188 Å². The Kier molecular flexibility index (Phi) is 5.01. The highest BCUT2D eigenvalue weighted by atomic mass is 35.5. The predicted molar refractivity (Wildman–Crippen MR) is 125 cm³/mol. The van der Waals surface area contributed by atoms with Crippen LogP contribution in [0.2, 0.25) is 5.02 Å². The summed E-state index contributed by atoms with van der Waals surface area (Å²) in [5.74, 6) is -0.223. The number of aliphatic hydroxyl groups is 2. The topological polar surface area (TPSA) is 74.1 Å². The largest absolute Gasteiger partial charge is 0.364 e. The molecule has 0 amide bonds. The summed E-state index contributed by atoms with van der Waals surface area (Å²) in [7, 11) is 0. The van der Waals surface area contributed by atoms with Gasteiger partial charge in [0.25, 0.3) is 0 Å². The lowest BCUT2D eigenvalue weighted by molar-refractivity contribution is -0.0424. The highest BCUT2D eigenvalue weighted by Crippen LogP contribution is 2.44. The number of benzene rings is 3. The maximum atomic E-state index is 13.7. The van der Waals surface area contributed by atoms with E-state index in [0.29, 0.717) is 16.1 Å². The van der Waals surface area contributed by atoms with Crippen LogP contribution in [0.25, 0.3) is 38.6 Å². The molecule has 0 unspecified atom stereocenters. The first-order valence-electron chi connectivity index (χ1n) is 10.3. The lowest BCUT2D eigenvalue weighted by atomic mass is 9.95. The fraction of sp³-hybridized carbons (Fsp3) is 0.160. The van der Waals surface area contributed by atoms with Crippen LogP contribution in [0.1, 0.15) is 37.3 Å². The minimum atomic E-state index is -1.61. The zero-order valence-corrected chi connectivity index (χ0v) is 18.2. The van der Waals surface area contributed by atoms with Crippen molar-refractivity contribution in [3.8, 4) is 16.8 Å². The summed E-state index contributed by atoms with van der Waals surface area (Å²) >= 11 is 6.64. The van der Waals surface area contributed by atoms with Crippen molar-refractivity contribution in [2.75, 3.05) is 0 Å². The van der Waals surface area contributed by atoms with Gasteiger partial charge >= 0.3 is 0 Å². The van der Waals surface area contributed by atoms with E-state index in [1.807, 2.05) is 12.1 Å². The van der Waals surface area contributed by atoms with Gasteiger partial charge in [0.15, 0.2) is 6.29 Å². The molecule has 3 N–H and O–H groups in total. The molecule has 5 rings (SSSR count). The Morgan fingerprint density at radius 1 is 1.03 bits per heavy atom. The van der Waals surface area contributed by atoms with Crippen LogP contribution in [0.4, 0.5) is 4.39 Å². The SMILES string of the molecule is CC(C)c1c(-c2cc(C(O)O)ccc2Cl)c2cc3[nH]ncc3cc2n1-c1ccc(F)cc1. The van der Waals surface area contributed by atoms with Crippen molar-refractivity contribution in [2.45, 2.75) is 26.1 Å². The van der Waals surface area contributed by atoms with E-state index in [1.54, 1.807) is 36.5 Å². The molecule has 0 saturated carbocycles. The maximum Gasteiger partial charge on any atom is 0.178 e. The van der Waals surface area contributed by atoms with Crippen LogP contribution in [-0.4, -0.2) is 25.0 Å². The minimum absolute atomic E-state index is 0.0812. The first kappa shape index (κ1) is 20.7. The van der Waals surface area contributed by atoms with Gasteiger partial charge in [-0.15, -0.1) is 0 Å². The predicted octanol–water partition coefficient (Wildman–Crippen LogP) is 6.07. The van der Waals surface area contributed by atoms with Crippen molar-refractivity contribution < 1.29 is 14.6 Å². The summed E-state index contributed by atoms with van der Waals surface area (Å²) in [6, 6.07) is 15.4. The molecule has 0 aliphatic rings. The van der Waals surface area contributed by atoms with Gasteiger partial charge in [-0.25, -0.2) is 4.39 Å². The molecule has 7 heteroatoms. The van der Waals surface area contributed by atoms with Crippen molar-refractivity contribution in [3.63, 3.8) is 0 Å². The normalized spacial score (nSPS) is 12.0. The molecule has 5 aromatic rings. The number of aromatic nitrogens is 3. The lowest BCUT2D eigenvalue weighted by Crippen LogP contribution is -2.03. The van der Waals surface area contributed by atoms with Gasteiger partial charge in [0, 0.05) is 43.9 Å². The van der Waals surface area contributed by atoms with Crippen molar-refractivity contribution in [1.82, 2.24) is 14.8 Å². The van der Waals surface area contributed by atoms with Gasteiger partial charge in [0.05, 0.1) is 17.2 Å². The number of halogens is 2. The number of aromatic amines is 1. The average Bonchev–Trinajstić information content (AvgIpc) is 3.34. The number of nitrogens with zero attached hydrogens (tertiary/aromatic N) is 2. The average molecular weight is 450 g/mol. The first-order valence-corrected chi connectivity index (χ1v) is 10.7. The fourth-order valence-electron chi connectivity index (χ4n) is 4.34. The van der Waals surface area contributed by atoms with E-state index in [4.69, 9.17) is 11.6 Å². The van der Waals surface area contributed by atoms with E-state index < -0.39 is 6.29 Å². The third-order valence-electron chi connectivity index (χ3n) is 5.75. The van der Waals surface area contributed by atoms with Gasteiger partial charge in [-0.3, -0.25) is 5.10 Å². The summed E-state index contributed by atoms with van der Waals surface area (Å²) < 4.78 is 15.8. The van der Waals surface area contributed by atoms with Crippen LogP contribution in [0.15, 0.2) is 60.8 Å². The number of H-pyrrole nitrogens is 1. The Balaban J connectivity index is 1.96. The summed E-state index contributed by atoms with van der Waals surface area (Å²) in [6.07, 6.45) is 0.152. The lowest BCUT2D eigenvalue weighted by Gasteiger charge is -2.17. The molecule has 0 fully saturated rings. The number of nitrogens with one attached hydrogen (secondary N) is 1. The van der Waals surface area contributed by atoms with Gasteiger partial charge in [-0.1, -0.05) is 31.5 Å². The van der Waals surface area contributed by atoms with E-state index in [9.17, 15) is 14.6 Å². The van der Waals surface area contributed by atoms with Gasteiger partial charge in [-0.05, 0) is 54.4 Å². The molecule has 2 aromatic heterocycles. The van der Waals surface area contributed by atoms with E-state index in [1.165, 1.54) is 12.1 Å². The number of fused-ring (bicyclic) bond motifs is 2. The summed E-state index contributed by atoms with van der Waals surface area (Å²) in [5.41, 5.74) is 5.55. The van der Waals surface area contributed by atoms with Gasteiger partial charge in [-0.2, -0.15) is 5.10 Å². The van der Waals surface area contributed by atoms with E-state index in [2.05, 4.69) is 28.6 Å². The van der Waals surface area contributed by atoms with Crippen molar-refractivity contribution in [3.05, 3.63) is 82.9 Å². The standard InChI is InChI=1S/C25H21ClFN3O2/c1-13(2)24-23(18-9-14(25(31)32)3-8-20(18)26)19-11-21-15(12-28-29-21)10-22(19)30(24)17-6-4-16(27)5-7-17/h3-13,25,31-32H,1-2H3,(H,28,29). The van der Waals surface area contributed by atoms with Crippen LogP contribution in [0.5, 0.6) is 0 Å². The van der Waals surface area contributed by atoms with Gasteiger partial charge in [0.2, 0.25) is 0 Å². The van der Waals surface area contributed by atoms with Gasteiger partial charge < -0.3 is 14.8 Å². The van der Waals surface area contributed by atoms with Crippen LogP contribution < -0.4 is 0 Å². The van der Waals surface area contributed by atoms with E-state index in [0.717, 1.165) is 38.8 Å². The number of hydrogen-bond acceptors (Lipinski definition) is 3. The van der Waals surface area contributed by atoms with Crippen molar-refractivity contribution in [1.29, 1.82) is 0 Å². The second-order valence-electron chi connectivity index (χ2n) is 8.17. The smallest absolute Gasteiger partial charge is 0.178 e. The molecule has 162 valence electrons. The molecule has 0 atom stereocenters. The summed E-state index contributed by atoms with van der Waals surface area (Å²) in [6.45, 7) is 4.17. The molecule has 5 nitrogen and oxygen atoms in total. The van der Waals surface area contributed by atoms with Crippen LogP contribution >= 0.6 is 11.6 Å². The van der Waals surface area contributed by atoms with Crippen LogP contribution in [0, 0.1) is 5.82 Å². The molecule has 0 spiro atoms. The van der Waals surface area contributed by atoms with Gasteiger partial charge in [0.1, 0.15) is 5.82 Å². The zero-order valence-electron chi connectivity index (χ0n) is 17.5. The Morgan fingerprint density at radius 3 is 2.47 bits per heavy atom. The van der Waals surface area contributed by atoms with Crippen molar-refractivity contribution >= 4 is 33.4 Å². The minimum Gasteiger partial charge on any atom is -0.364 e. The molecule has 0 bridgehead atoms. The number of aliphatic hydroxyl groups excluding tert-OH is 1. The third-order valence-corrected chi connectivity index (χ3v) is 6.08. The number of rotatable bonds is 4. The molecule has 0 aliphatic heterocycles. The zero-order chi connectivity index (χ0) is 22.6. The molecule has 0 radical (unpaired) electrons. The van der Waals surface area contributed by atoms with E-state index >= 15 is 0 Å². The van der Waals surface area contributed by atoms with Crippen molar-refractivity contribution in [2.24, 2.45) is 0 Å². The number of hydrogen-bond donors (Lipinski definition) is 3. The molecular formula is C25H21ClFN3O2. The quantitative estimate of drug-likeness (QED) is 0.291. The monoisotopic (exact) mass is 449 g/mol. The van der Waals surface area contributed by atoms with E-state index in [-0.39, 0.29) is 11.7 Å². The summed E-state index contributed by atoms with van der Waals surface area (Å²) in [4.78, 5) is 0. The fourth-order valence-corrected chi connectivity index (χ4v) is 4.55. The molecule has 32 heavy (non-hydrogen) atoms. The Morgan fingerprint density at radius 2 is 1.78 bits per heavy atom. The maximum absolute atomic E-state index is 13.7. The van der Waals surface area contributed by atoms with Crippen LogP contribution in [-0.2, 0) is 0 Å². The second kappa shape index (κ2) is 7.74. The molecule has 3 aromatic carbocycles. The molecular weight excluding hydrogens is 429 g/mol. The molecule has 0 saturated heterocycles. The van der Waals surface area contributed by atoms with Crippen LogP contribution in [0.3, 0.4) is 0 Å². The Bertz CT molecular complexity index is 1450.